The van der Waals surface area contributed by atoms with E-state index in [1.807, 2.05) is 31.3 Å². The third-order valence-corrected chi connectivity index (χ3v) is 5.00. The minimum Gasteiger partial charge on any atom is -0.384 e. The van der Waals surface area contributed by atoms with Gasteiger partial charge in [0.25, 0.3) is 0 Å². The summed E-state index contributed by atoms with van der Waals surface area (Å²) in [5, 5.41) is 0. The van der Waals surface area contributed by atoms with Crippen LogP contribution < -0.4 is 10.6 Å². The number of nitrogens with two attached hydrogens (primary N) is 1. The fourth-order valence-electron chi connectivity index (χ4n) is 3.55. The second kappa shape index (κ2) is 9.20. The summed E-state index contributed by atoms with van der Waals surface area (Å²) < 4.78 is 19.5. The van der Waals surface area contributed by atoms with Crippen LogP contribution in [0.2, 0.25) is 0 Å². The number of benzene rings is 1. The maximum Gasteiger partial charge on any atom is 0.128 e. The molecule has 2 N–H and O–H groups in total. The molecule has 1 saturated heterocycles. The Morgan fingerprint density at radius 1 is 1.03 bits per heavy atom. The number of anilines is 2. The third-order valence-electron chi connectivity index (χ3n) is 5.00. The molecule has 2 aromatic heterocycles. The molecule has 3 aromatic rings. The van der Waals surface area contributed by atoms with E-state index in [2.05, 4.69) is 14.9 Å². The Hall–Kier alpha value is -2.70. The Labute approximate surface area is 176 Å². The van der Waals surface area contributed by atoms with Crippen LogP contribution in [0.1, 0.15) is 12.6 Å². The number of ether oxygens (including phenoxy) is 1. The lowest BCUT2D eigenvalue weighted by molar-refractivity contribution is 0.122. The first kappa shape index (κ1) is 21.0. The van der Waals surface area contributed by atoms with E-state index in [0.29, 0.717) is 12.2 Å². The van der Waals surface area contributed by atoms with E-state index in [1.54, 1.807) is 18.2 Å². The molecule has 152 valence electrons. The lowest BCUT2D eigenvalue weighted by Gasteiger charge is -2.27. The molecule has 0 unspecified atom stereocenters. The molecule has 1 aliphatic rings. The zero-order chi connectivity index (χ0) is 19.5. The van der Waals surface area contributed by atoms with E-state index < -0.39 is 0 Å². The van der Waals surface area contributed by atoms with Gasteiger partial charge in [-0.15, -0.1) is 12.4 Å². The number of pyridine rings is 2. The number of hydrogen-bond donors (Lipinski definition) is 1. The van der Waals surface area contributed by atoms with Crippen molar-refractivity contribution in [1.29, 1.82) is 0 Å². The molecular weight excluding hydrogens is 391 g/mol. The molecule has 1 aliphatic heterocycles. The second-order valence-electron chi connectivity index (χ2n) is 6.78. The Morgan fingerprint density at radius 3 is 2.48 bits per heavy atom. The van der Waals surface area contributed by atoms with Crippen LogP contribution in [0.25, 0.3) is 22.3 Å². The summed E-state index contributed by atoms with van der Waals surface area (Å²) in [5.41, 5.74) is 10.2. The van der Waals surface area contributed by atoms with Gasteiger partial charge in [-0.3, -0.25) is 0 Å². The van der Waals surface area contributed by atoms with Gasteiger partial charge in [0, 0.05) is 30.4 Å². The van der Waals surface area contributed by atoms with E-state index in [9.17, 15) is 4.39 Å². The van der Waals surface area contributed by atoms with Crippen LogP contribution in [-0.2, 0) is 11.2 Å². The highest BCUT2D eigenvalue weighted by Gasteiger charge is 2.15. The smallest absolute Gasteiger partial charge is 0.128 e. The average Bonchev–Trinajstić information content (AvgIpc) is 2.74. The Kier molecular flexibility index (Phi) is 6.67. The van der Waals surface area contributed by atoms with E-state index >= 15 is 0 Å². The van der Waals surface area contributed by atoms with Crippen molar-refractivity contribution in [3.05, 3.63) is 60.2 Å². The molecule has 0 atom stereocenters. The first-order valence-corrected chi connectivity index (χ1v) is 9.50. The minimum atomic E-state index is -0.282. The van der Waals surface area contributed by atoms with Crippen molar-refractivity contribution < 1.29 is 9.13 Å². The van der Waals surface area contributed by atoms with Gasteiger partial charge >= 0.3 is 0 Å². The van der Waals surface area contributed by atoms with E-state index in [4.69, 9.17) is 10.5 Å². The summed E-state index contributed by atoms with van der Waals surface area (Å²) in [5.74, 6) is 1.12. The average molecular weight is 415 g/mol. The van der Waals surface area contributed by atoms with E-state index in [0.717, 1.165) is 60.1 Å². The van der Waals surface area contributed by atoms with Gasteiger partial charge < -0.3 is 15.4 Å². The van der Waals surface area contributed by atoms with Crippen LogP contribution in [0, 0.1) is 5.82 Å². The molecule has 5 nitrogen and oxygen atoms in total. The molecule has 0 bridgehead atoms. The number of morpholine rings is 1. The largest absolute Gasteiger partial charge is 0.384 e. The van der Waals surface area contributed by atoms with Gasteiger partial charge in [0.2, 0.25) is 0 Å². The summed E-state index contributed by atoms with van der Waals surface area (Å²) in [6.07, 6.45) is 2.56. The van der Waals surface area contributed by atoms with Crippen LogP contribution in [0.4, 0.5) is 16.0 Å². The highest BCUT2D eigenvalue weighted by Crippen LogP contribution is 2.35. The van der Waals surface area contributed by atoms with Crippen LogP contribution in [-0.4, -0.2) is 36.3 Å². The second-order valence-corrected chi connectivity index (χ2v) is 6.78. The van der Waals surface area contributed by atoms with Crippen molar-refractivity contribution in [3.8, 4) is 22.3 Å². The highest BCUT2D eigenvalue weighted by molar-refractivity contribution is 5.85. The Bertz CT molecular complexity index is 975. The maximum absolute atomic E-state index is 14.1. The van der Waals surface area contributed by atoms with Crippen LogP contribution in [0.3, 0.4) is 0 Å². The zero-order valence-electron chi connectivity index (χ0n) is 16.3. The lowest BCUT2D eigenvalue weighted by Crippen LogP contribution is -2.36. The molecule has 0 spiro atoms. The van der Waals surface area contributed by atoms with Gasteiger partial charge in [0.05, 0.1) is 18.9 Å². The summed E-state index contributed by atoms with van der Waals surface area (Å²) in [7, 11) is 0. The number of aromatic nitrogens is 2. The standard InChI is InChI=1S/C22H23FN4O.ClH/c1-2-20-18(6-7-21(24)26-20)19-13-16(23)4-5-17(19)15-3-8-22(25-14-15)27-9-11-28-12-10-27;/h3-8,13-14H,2,9-12H2,1H3,(H2,24,26);1H. The van der Waals surface area contributed by atoms with Gasteiger partial charge in [-0.2, -0.15) is 0 Å². The number of rotatable bonds is 4. The van der Waals surface area contributed by atoms with Crippen LogP contribution in [0.5, 0.6) is 0 Å². The summed E-state index contributed by atoms with van der Waals surface area (Å²) >= 11 is 0. The van der Waals surface area contributed by atoms with Gasteiger partial charge in [-0.25, -0.2) is 14.4 Å². The van der Waals surface area contributed by atoms with Gasteiger partial charge in [0.1, 0.15) is 17.5 Å². The molecule has 29 heavy (non-hydrogen) atoms. The molecule has 0 radical (unpaired) electrons. The van der Waals surface area contributed by atoms with E-state index in [-0.39, 0.29) is 18.2 Å². The topological polar surface area (TPSA) is 64.3 Å². The fourth-order valence-corrected chi connectivity index (χ4v) is 3.55. The molecule has 1 aromatic carbocycles. The third kappa shape index (κ3) is 4.49. The number of aryl methyl sites for hydroxylation is 1. The van der Waals surface area contributed by atoms with Gasteiger partial charge in [-0.1, -0.05) is 13.0 Å². The summed E-state index contributed by atoms with van der Waals surface area (Å²) in [4.78, 5) is 11.3. The highest BCUT2D eigenvalue weighted by atomic mass is 35.5. The predicted octanol–water partition coefficient (Wildman–Crippen LogP) is 4.35. The first-order chi connectivity index (χ1) is 13.7. The van der Waals surface area contributed by atoms with Crippen molar-refractivity contribution in [3.63, 3.8) is 0 Å². The normalized spacial score (nSPS) is 13.8. The summed E-state index contributed by atoms with van der Waals surface area (Å²) in [6.45, 7) is 5.13. The molecule has 3 heterocycles. The summed E-state index contributed by atoms with van der Waals surface area (Å²) in [6, 6.07) is 12.5. The van der Waals surface area contributed by atoms with Crippen molar-refractivity contribution in [2.75, 3.05) is 36.9 Å². The number of hydrogen-bond acceptors (Lipinski definition) is 5. The van der Waals surface area contributed by atoms with Crippen LogP contribution in [0.15, 0.2) is 48.7 Å². The molecule has 0 saturated carbocycles. The zero-order valence-corrected chi connectivity index (χ0v) is 17.1. The quantitative estimate of drug-likeness (QED) is 0.687. The SMILES string of the molecule is CCc1nc(N)ccc1-c1cc(F)ccc1-c1ccc(N2CCOCC2)nc1.Cl. The molecular formula is C22H24ClFN4O. The monoisotopic (exact) mass is 414 g/mol. The Morgan fingerprint density at radius 2 is 1.79 bits per heavy atom. The predicted molar refractivity (Wildman–Crippen MR) is 117 cm³/mol. The van der Waals surface area contributed by atoms with Crippen molar-refractivity contribution in [2.45, 2.75) is 13.3 Å². The van der Waals surface area contributed by atoms with Gasteiger partial charge in [-0.05, 0) is 53.9 Å². The minimum absolute atomic E-state index is 0. The lowest BCUT2D eigenvalue weighted by atomic mass is 9.93. The number of nitrogen functional groups attached to an aromatic ring is 1. The fraction of sp³-hybridized carbons (Fsp3) is 0.273. The van der Waals surface area contributed by atoms with Crippen molar-refractivity contribution in [2.24, 2.45) is 0 Å². The van der Waals surface area contributed by atoms with Crippen LogP contribution >= 0.6 is 12.4 Å². The number of halogens is 2. The number of nitrogens with zero attached hydrogens (tertiary/aromatic N) is 3. The molecule has 7 heteroatoms. The molecule has 0 amide bonds. The van der Waals surface area contributed by atoms with E-state index in [1.165, 1.54) is 6.07 Å². The molecule has 1 fully saturated rings. The molecule has 4 rings (SSSR count). The van der Waals surface area contributed by atoms with Crippen molar-refractivity contribution in [1.82, 2.24) is 9.97 Å². The maximum atomic E-state index is 14.1. The van der Waals surface area contributed by atoms with Crippen molar-refractivity contribution >= 4 is 24.0 Å². The Balaban J connectivity index is 0.00000240. The first-order valence-electron chi connectivity index (χ1n) is 9.50. The molecule has 0 aliphatic carbocycles. The van der Waals surface area contributed by atoms with Gasteiger partial charge in [0.15, 0.2) is 0 Å².